The number of aliphatic imine (C=N–C) groups is 1. The Labute approximate surface area is 183 Å². The number of nitrogens with zero attached hydrogens (tertiary/aromatic N) is 2. The van der Waals surface area contributed by atoms with Crippen LogP contribution in [0.2, 0.25) is 0 Å². The van der Waals surface area contributed by atoms with Gasteiger partial charge >= 0.3 is 0 Å². The maximum atomic E-state index is 5.41. The third-order valence-electron chi connectivity index (χ3n) is 4.86. The molecule has 7 heteroatoms. The maximum absolute atomic E-state index is 5.41. The van der Waals surface area contributed by atoms with Gasteiger partial charge in [0.25, 0.3) is 0 Å². The van der Waals surface area contributed by atoms with Gasteiger partial charge in [0.05, 0.1) is 17.0 Å². The number of hydrogen-bond acceptors (Lipinski definition) is 4. The molecular formula is C20H31IN4OS. The van der Waals surface area contributed by atoms with Crippen molar-refractivity contribution in [2.45, 2.75) is 64.8 Å². The lowest BCUT2D eigenvalue weighted by Crippen LogP contribution is -2.45. The molecule has 0 bridgehead atoms. The van der Waals surface area contributed by atoms with Crippen LogP contribution in [-0.2, 0) is 12.8 Å². The van der Waals surface area contributed by atoms with Crippen molar-refractivity contribution in [1.82, 2.24) is 15.6 Å². The molecule has 27 heavy (non-hydrogen) atoms. The fourth-order valence-electron chi connectivity index (χ4n) is 3.26. The molecule has 2 heterocycles. The van der Waals surface area contributed by atoms with Gasteiger partial charge in [0.1, 0.15) is 5.76 Å². The molecule has 0 radical (unpaired) electrons. The van der Waals surface area contributed by atoms with E-state index >= 15 is 0 Å². The van der Waals surface area contributed by atoms with Crippen molar-refractivity contribution in [3.05, 3.63) is 39.7 Å². The predicted octanol–water partition coefficient (Wildman–Crippen LogP) is 4.62. The molecule has 2 aromatic rings. The van der Waals surface area contributed by atoms with Gasteiger partial charge in [-0.2, -0.15) is 0 Å². The lowest BCUT2D eigenvalue weighted by Gasteiger charge is -2.25. The average Bonchev–Trinajstić information content (AvgIpc) is 3.26. The van der Waals surface area contributed by atoms with Gasteiger partial charge in [-0.05, 0) is 38.8 Å². The van der Waals surface area contributed by atoms with Crippen LogP contribution in [0.5, 0.6) is 0 Å². The topological polar surface area (TPSA) is 62.5 Å². The number of rotatable bonds is 7. The Morgan fingerprint density at radius 3 is 2.74 bits per heavy atom. The number of aromatic nitrogens is 1. The van der Waals surface area contributed by atoms with Crippen molar-refractivity contribution in [2.75, 3.05) is 13.1 Å². The summed E-state index contributed by atoms with van der Waals surface area (Å²) in [6.07, 6.45) is 9.96. The number of halogens is 1. The van der Waals surface area contributed by atoms with Gasteiger partial charge in [0.15, 0.2) is 5.96 Å². The minimum absolute atomic E-state index is 0. The molecule has 1 aliphatic rings. The monoisotopic (exact) mass is 502 g/mol. The van der Waals surface area contributed by atoms with Crippen LogP contribution >= 0.6 is 35.3 Å². The second kappa shape index (κ2) is 11.7. The van der Waals surface area contributed by atoms with Gasteiger partial charge in [-0.15, -0.1) is 35.3 Å². The SMILES string of the molecule is Cc1nc(CCN=C(NCCc2ccco2)NC2CCCCC2)sc1C.I. The van der Waals surface area contributed by atoms with E-state index in [4.69, 9.17) is 9.41 Å². The fraction of sp³-hybridized carbons (Fsp3) is 0.600. The molecule has 1 fully saturated rings. The minimum Gasteiger partial charge on any atom is -0.469 e. The number of aryl methyl sites for hydroxylation is 2. The molecule has 0 aromatic carbocycles. The molecule has 5 nitrogen and oxygen atoms in total. The van der Waals surface area contributed by atoms with Gasteiger partial charge in [0.2, 0.25) is 0 Å². The zero-order valence-corrected chi connectivity index (χ0v) is 19.4. The van der Waals surface area contributed by atoms with Crippen LogP contribution in [-0.4, -0.2) is 30.1 Å². The summed E-state index contributed by atoms with van der Waals surface area (Å²) in [6, 6.07) is 4.49. The van der Waals surface area contributed by atoms with Gasteiger partial charge in [0, 0.05) is 36.9 Å². The highest BCUT2D eigenvalue weighted by atomic mass is 127. The van der Waals surface area contributed by atoms with Crippen LogP contribution in [0.15, 0.2) is 27.8 Å². The summed E-state index contributed by atoms with van der Waals surface area (Å²) in [5.74, 6) is 1.93. The average molecular weight is 502 g/mol. The third kappa shape index (κ3) is 7.44. The van der Waals surface area contributed by atoms with E-state index in [1.807, 2.05) is 12.1 Å². The highest BCUT2D eigenvalue weighted by Gasteiger charge is 2.14. The molecule has 1 aliphatic carbocycles. The molecule has 1 saturated carbocycles. The molecule has 0 aliphatic heterocycles. The van der Waals surface area contributed by atoms with E-state index in [0.717, 1.165) is 43.3 Å². The van der Waals surface area contributed by atoms with Crippen molar-refractivity contribution < 1.29 is 4.42 Å². The van der Waals surface area contributed by atoms with E-state index in [0.29, 0.717) is 6.04 Å². The normalized spacial score (nSPS) is 15.4. The lowest BCUT2D eigenvalue weighted by atomic mass is 9.96. The van der Waals surface area contributed by atoms with Crippen molar-refractivity contribution in [1.29, 1.82) is 0 Å². The molecule has 0 unspecified atom stereocenters. The number of guanidine groups is 1. The van der Waals surface area contributed by atoms with Crippen LogP contribution in [0.4, 0.5) is 0 Å². The summed E-state index contributed by atoms with van der Waals surface area (Å²) in [4.78, 5) is 10.7. The van der Waals surface area contributed by atoms with Gasteiger partial charge in [-0.25, -0.2) is 4.98 Å². The zero-order valence-electron chi connectivity index (χ0n) is 16.3. The molecule has 3 rings (SSSR count). The van der Waals surface area contributed by atoms with E-state index in [-0.39, 0.29) is 24.0 Å². The highest BCUT2D eigenvalue weighted by molar-refractivity contribution is 14.0. The van der Waals surface area contributed by atoms with E-state index < -0.39 is 0 Å². The number of thiazole rings is 1. The molecule has 0 amide bonds. The fourth-order valence-corrected chi connectivity index (χ4v) is 4.18. The third-order valence-corrected chi connectivity index (χ3v) is 5.99. The lowest BCUT2D eigenvalue weighted by molar-refractivity contribution is 0.409. The summed E-state index contributed by atoms with van der Waals surface area (Å²) < 4.78 is 5.41. The molecule has 0 atom stereocenters. The zero-order chi connectivity index (χ0) is 18.2. The molecule has 2 aromatic heterocycles. The standard InChI is InChI=1S/C20H30N4OS.HI/c1-15-16(2)26-19(23-15)11-13-22-20(24-17-7-4-3-5-8-17)21-12-10-18-9-6-14-25-18;/h6,9,14,17H,3-5,7-8,10-13H2,1-2H3,(H2,21,22,24);1H. The summed E-state index contributed by atoms with van der Waals surface area (Å²) >= 11 is 1.78. The van der Waals surface area contributed by atoms with Crippen LogP contribution in [0.3, 0.4) is 0 Å². The number of hydrogen-bond donors (Lipinski definition) is 2. The highest BCUT2D eigenvalue weighted by Crippen LogP contribution is 2.18. The predicted molar refractivity (Wildman–Crippen MR) is 123 cm³/mol. The first-order chi connectivity index (χ1) is 12.7. The molecule has 2 N–H and O–H groups in total. The summed E-state index contributed by atoms with van der Waals surface area (Å²) in [5.41, 5.74) is 1.14. The van der Waals surface area contributed by atoms with Crippen molar-refractivity contribution >= 4 is 41.3 Å². The molecule has 150 valence electrons. The number of nitrogens with one attached hydrogen (secondary N) is 2. The molecule has 0 spiro atoms. The Balaban J connectivity index is 0.00000261. The first-order valence-electron chi connectivity index (χ1n) is 9.71. The van der Waals surface area contributed by atoms with Crippen LogP contribution < -0.4 is 10.6 Å². The Bertz CT molecular complexity index is 673. The van der Waals surface area contributed by atoms with Crippen molar-refractivity contribution in [3.8, 4) is 0 Å². The van der Waals surface area contributed by atoms with E-state index in [1.54, 1.807) is 17.6 Å². The minimum atomic E-state index is 0. The van der Waals surface area contributed by atoms with E-state index in [1.165, 1.54) is 42.0 Å². The summed E-state index contributed by atoms with van der Waals surface area (Å²) in [5, 5.41) is 8.28. The Kier molecular flexibility index (Phi) is 9.61. The van der Waals surface area contributed by atoms with E-state index in [2.05, 4.69) is 29.5 Å². The van der Waals surface area contributed by atoms with Gasteiger partial charge in [-0.3, -0.25) is 4.99 Å². The van der Waals surface area contributed by atoms with Crippen LogP contribution in [0.1, 0.15) is 53.4 Å². The van der Waals surface area contributed by atoms with Crippen molar-refractivity contribution in [2.24, 2.45) is 4.99 Å². The summed E-state index contributed by atoms with van der Waals surface area (Å²) in [7, 11) is 0. The summed E-state index contributed by atoms with van der Waals surface area (Å²) in [6.45, 7) is 5.79. The molecular weight excluding hydrogens is 471 g/mol. The Morgan fingerprint density at radius 1 is 1.26 bits per heavy atom. The smallest absolute Gasteiger partial charge is 0.191 e. The van der Waals surface area contributed by atoms with Gasteiger partial charge < -0.3 is 15.1 Å². The maximum Gasteiger partial charge on any atom is 0.191 e. The number of furan rings is 1. The largest absolute Gasteiger partial charge is 0.469 e. The first-order valence-corrected chi connectivity index (χ1v) is 10.5. The molecule has 0 saturated heterocycles. The van der Waals surface area contributed by atoms with Crippen LogP contribution in [0, 0.1) is 13.8 Å². The first kappa shape index (κ1) is 22.2. The van der Waals surface area contributed by atoms with Crippen LogP contribution in [0.25, 0.3) is 0 Å². The Hall–Kier alpha value is -1.09. The Morgan fingerprint density at radius 2 is 2.07 bits per heavy atom. The quantitative estimate of drug-likeness (QED) is 0.330. The van der Waals surface area contributed by atoms with E-state index in [9.17, 15) is 0 Å². The van der Waals surface area contributed by atoms with Crippen molar-refractivity contribution in [3.63, 3.8) is 0 Å². The second-order valence-electron chi connectivity index (χ2n) is 6.96. The van der Waals surface area contributed by atoms with Gasteiger partial charge in [-0.1, -0.05) is 19.3 Å². The second-order valence-corrected chi connectivity index (χ2v) is 8.25.